The third kappa shape index (κ3) is 12.6. The molecule has 11 heavy (non-hydrogen) atoms. The zero-order valence-electron chi connectivity index (χ0n) is 8.40. The van der Waals surface area contributed by atoms with E-state index in [0.717, 1.165) is 0 Å². The molecule has 1 N–H and O–H groups in total. The molecule has 1 amide bonds. The molecule has 0 rings (SSSR count). The zero-order valence-corrected chi connectivity index (χ0v) is 8.40. The first-order valence-corrected chi connectivity index (χ1v) is 4.15. The van der Waals surface area contributed by atoms with Crippen molar-refractivity contribution in [1.29, 1.82) is 0 Å². The Morgan fingerprint density at radius 2 is 1.55 bits per heavy atom. The van der Waals surface area contributed by atoms with Crippen molar-refractivity contribution in [2.45, 2.75) is 40.5 Å². The van der Waals surface area contributed by atoms with Gasteiger partial charge in [-0.15, -0.1) is 0 Å². The topological polar surface area (TPSA) is 29.1 Å². The summed E-state index contributed by atoms with van der Waals surface area (Å²) in [5.74, 6) is 0. The summed E-state index contributed by atoms with van der Waals surface area (Å²) in [6, 6.07) is 0. The Morgan fingerprint density at radius 3 is 1.55 bits per heavy atom. The van der Waals surface area contributed by atoms with E-state index in [2.05, 4.69) is 33.0 Å². The summed E-state index contributed by atoms with van der Waals surface area (Å²) in [5.41, 5.74) is 0.583. The Hall–Kier alpha value is -0.530. The average molecular weight is 159 g/mol. The molecule has 0 aromatic rings. The fourth-order valence-electron chi connectivity index (χ4n) is 0.250. The lowest BCUT2D eigenvalue weighted by Crippen LogP contribution is -2.05. The van der Waals surface area contributed by atoms with Crippen molar-refractivity contribution < 1.29 is 4.79 Å². The first kappa shape index (κ1) is 13.1. The van der Waals surface area contributed by atoms with Gasteiger partial charge in [-0.1, -0.05) is 40.5 Å². The molecule has 0 unspecified atom stereocenters. The highest BCUT2D eigenvalue weighted by Gasteiger charge is 2.09. The lowest BCUT2D eigenvalue weighted by atomic mass is 9.88. The molecule has 0 spiro atoms. The van der Waals surface area contributed by atoms with Crippen LogP contribution in [0.4, 0.5) is 0 Å². The molecule has 2 heteroatoms. The van der Waals surface area contributed by atoms with Crippen LogP contribution in [0, 0.1) is 5.41 Å². The number of rotatable bonds is 3. The molecule has 0 heterocycles. The quantitative estimate of drug-likeness (QED) is 0.628. The van der Waals surface area contributed by atoms with E-state index >= 15 is 0 Å². The Bertz CT molecular complexity index is 83.6. The molecule has 0 saturated carbocycles. The van der Waals surface area contributed by atoms with Gasteiger partial charge in [-0.05, 0) is 5.41 Å². The number of amides is 1. The predicted molar refractivity (Wildman–Crippen MR) is 49.5 cm³/mol. The van der Waals surface area contributed by atoms with Gasteiger partial charge in [0.05, 0.1) is 0 Å². The predicted octanol–water partition coefficient (Wildman–Crippen LogP) is 2.19. The van der Waals surface area contributed by atoms with Crippen molar-refractivity contribution in [3.8, 4) is 0 Å². The maximum absolute atomic E-state index is 9.06. The Balaban J connectivity index is 0. The van der Waals surface area contributed by atoms with Crippen LogP contribution in [0.3, 0.4) is 0 Å². The summed E-state index contributed by atoms with van der Waals surface area (Å²) in [7, 11) is 1.56. The average Bonchev–Trinajstić information content (AvgIpc) is 2.05. The van der Waals surface area contributed by atoms with E-state index in [1.54, 1.807) is 7.05 Å². The number of nitrogens with one attached hydrogen (secondary N) is 1. The van der Waals surface area contributed by atoms with Crippen LogP contribution in [-0.2, 0) is 4.79 Å². The van der Waals surface area contributed by atoms with Gasteiger partial charge in [0.25, 0.3) is 0 Å². The molecule has 0 aliphatic carbocycles. The van der Waals surface area contributed by atoms with E-state index in [1.165, 1.54) is 12.8 Å². The maximum atomic E-state index is 9.06. The minimum atomic E-state index is 0.583. The van der Waals surface area contributed by atoms with Crippen LogP contribution in [0.5, 0.6) is 0 Å². The standard InChI is InChI=1S/C7H16.C2H5NO/c1-5-7(3,4)6-2;1-3-2-4/h5-6H2,1-4H3;2H,1H3,(H,3,4). The third-order valence-electron chi connectivity index (χ3n) is 2.03. The van der Waals surface area contributed by atoms with Crippen molar-refractivity contribution in [3.63, 3.8) is 0 Å². The van der Waals surface area contributed by atoms with Crippen LogP contribution < -0.4 is 5.32 Å². The van der Waals surface area contributed by atoms with Crippen molar-refractivity contribution in [2.24, 2.45) is 5.41 Å². The van der Waals surface area contributed by atoms with Crippen molar-refractivity contribution in [2.75, 3.05) is 7.05 Å². The van der Waals surface area contributed by atoms with Crippen molar-refractivity contribution in [3.05, 3.63) is 0 Å². The van der Waals surface area contributed by atoms with E-state index in [1.807, 2.05) is 0 Å². The fraction of sp³-hybridized carbons (Fsp3) is 0.889. The third-order valence-corrected chi connectivity index (χ3v) is 2.03. The van der Waals surface area contributed by atoms with Gasteiger partial charge in [-0.25, -0.2) is 0 Å². The van der Waals surface area contributed by atoms with E-state index in [9.17, 15) is 0 Å². The first-order chi connectivity index (χ1) is 5.04. The van der Waals surface area contributed by atoms with Crippen LogP contribution >= 0.6 is 0 Å². The van der Waals surface area contributed by atoms with E-state index in [0.29, 0.717) is 11.8 Å². The monoisotopic (exact) mass is 159 g/mol. The van der Waals surface area contributed by atoms with Crippen LogP contribution in [0.25, 0.3) is 0 Å². The molecule has 0 saturated heterocycles. The lowest BCUT2D eigenvalue weighted by Gasteiger charge is -2.18. The summed E-state index contributed by atoms with van der Waals surface area (Å²) in [6.07, 6.45) is 3.22. The molecule has 0 aromatic heterocycles. The smallest absolute Gasteiger partial charge is 0.206 e. The number of hydrogen-bond acceptors (Lipinski definition) is 1. The Labute approximate surface area is 70.4 Å². The largest absolute Gasteiger partial charge is 0.362 e. The molecular weight excluding hydrogens is 138 g/mol. The molecule has 0 fully saturated rings. The van der Waals surface area contributed by atoms with Crippen LogP contribution in [0.15, 0.2) is 0 Å². The van der Waals surface area contributed by atoms with Gasteiger partial charge in [-0.3, -0.25) is 4.79 Å². The van der Waals surface area contributed by atoms with Gasteiger partial charge in [-0.2, -0.15) is 0 Å². The summed E-state index contributed by atoms with van der Waals surface area (Å²) >= 11 is 0. The van der Waals surface area contributed by atoms with Crippen LogP contribution in [0.2, 0.25) is 0 Å². The summed E-state index contributed by atoms with van der Waals surface area (Å²) in [5, 5.41) is 2.25. The Kier molecular flexibility index (Phi) is 9.01. The van der Waals surface area contributed by atoms with Gasteiger partial charge in [0.2, 0.25) is 6.41 Å². The highest BCUT2D eigenvalue weighted by molar-refractivity contribution is 5.44. The normalized spacial score (nSPS) is 9.55. The molecule has 0 aliphatic heterocycles. The summed E-state index contributed by atoms with van der Waals surface area (Å²) in [6.45, 7) is 9.08. The molecule has 68 valence electrons. The highest BCUT2D eigenvalue weighted by Crippen LogP contribution is 2.22. The number of hydrogen-bond donors (Lipinski definition) is 1. The Morgan fingerprint density at radius 1 is 1.27 bits per heavy atom. The van der Waals surface area contributed by atoms with E-state index < -0.39 is 0 Å². The SMILES string of the molecule is CCC(C)(C)CC.CNC=O. The molecule has 2 nitrogen and oxygen atoms in total. The van der Waals surface area contributed by atoms with Gasteiger partial charge in [0.1, 0.15) is 0 Å². The maximum Gasteiger partial charge on any atom is 0.206 e. The zero-order chi connectivity index (χ0) is 9.33. The number of carbonyl (C=O) groups is 1. The second-order valence-corrected chi connectivity index (χ2v) is 3.28. The first-order valence-electron chi connectivity index (χ1n) is 4.15. The molecular formula is C9H21NO. The fourth-order valence-corrected chi connectivity index (χ4v) is 0.250. The van der Waals surface area contributed by atoms with Crippen molar-refractivity contribution >= 4 is 6.41 Å². The second kappa shape index (κ2) is 7.58. The van der Waals surface area contributed by atoms with E-state index in [4.69, 9.17) is 4.79 Å². The second-order valence-electron chi connectivity index (χ2n) is 3.28. The van der Waals surface area contributed by atoms with E-state index in [-0.39, 0.29) is 0 Å². The molecule has 0 aromatic carbocycles. The minimum Gasteiger partial charge on any atom is -0.362 e. The van der Waals surface area contributed by atoms with Crippen LogP contribution in [0.1, 0.15) is 40.5 Å². The van der Waals surface area contributed by atoms with Crippen LogP contribution in [-0.4, -0.2) is 13.5 Å². The molecule has 0 aliphatic rings. The van der Waals surface area contributed by atoms with Gasteiger partial charge in [0.15, 0.2) is 0 Å². The lowest BCUT2D eigenvalue weighted by molar-refractivity contribution is -0.109. The van der Waals surface area contributed by atoms with Gasteiger partial charge in [0, 0.05) is 7.05 Å². The molecule has 0 bridgehead atoms. The molecule has 0 atom stereocenters. The summed E-state index contributed by atoms with van der Waals surface area (Å²) in [4.78, 5) is 9.06. The van der Waals surface area contributed by atoms with Crippen molar-refractivity contribution in [1.82, 2.24) is 5.32 Å². The van der Waals surface area contributed by atoms with Gasteiger partial charge < -0.3 is 5.32 Å². The highest BCUT2D eigenvalue weighted by atomic mass is 16.1. The minimum absolute atomic E-state index is 0.583. The number of carbonyl (C=O) groups excluding carboxylic acids is 1. The summed E-state index contributed by atoms with van der Waals surface area (Å²) < 4.78 is 0. The molecule has 0 radical (unpaired) electrons. The van der Waals surface area contributed by atoms with Gasteiger partial charge >= 0.3 is 0 Å².